The number of hydrogen-bond donors (Lipinski definition) is 1. The number of amides is 1. The van der Waals surface area contributed by atoms with Gasteiger partial charge in [0.05, 0.1) is 12.2 Å². The second-order valence-electron chi connectivity index (χ2n) is 6.41. The van der Waals surface area contributed by atoms with Crippen LogP contribution in [0.4, 0.5) is 4.39 Å². The van der Waals surface area contributed by atoms with Crippen molar-refractivity contribution in [3.63, 3.8) is 0 Å². The van der Waals surface area contributed by atoms with Gasteiger partial charge in [0.15, 0.2) is 5.16 Å². The summed E-state index contributed by atoms with van der Waals surface area (Å²) in [5, 5.41) is 5.41. The molecule has 1 amide bonds. The molecule has 1 unspecified atom stereocenters. The summed E-state index contributed by atoms with van der Waals surface area (Å²) in [6, 6.07) is 8.52. The molecule has 5 nitrogen and oxygen atoms in total. The molecule has 1 aliphatic rings. The van der Waals surface area contributed by atoms with Crippen molar-refractivity contribution < 1.29 is 13.9 Å². The summed E-state index contributed by atoms with van der Waals surface area (Å²) in [6.07, 6.45) is 7.08. The van der Waals surface area contributed by atoms with E-state index in [1.165, 1.54) is 30.0 Å². The van der Waals surface area contributed by atoms with Crippen LogP contribution in [0.3, 0.4) is 0 Å². The number of thiophene rings is 1. The lowest BCUT2D eigenvalue weighted by Gasteiger charge is -2.13. The summed E-state index contributed by atoms with van der Waals surface area (Å²) >= 11 is 2.98. The van der Waals surface area contributed by atoms with E-state index in [0.717, 1.165) is 10.4 Å². The first-order valence-corrected chi connectivity index (χ1v) is 11.1. The Balaban J connectivity index is 1.46. The number of benzene rings is 1. The Morgan fingerprint density at radius 2 is 2.34 bits per heavy atom. The van der Waals surface area contributed by atoms with Crippen LogP contribution in [0.5, 0.6) is 5.75 Å². The third kappa shape index (κ3) is 4.65. The molecule has 29 heavy (non-hydrogen) atoms. The fourth-order valence-electron chi connectivity index (χ4n) is 3.11. The molecule has 0 saturated carbocycles. The number of thioether (sulfide) groups is 1. The minimum absolute atomic E-state index is 0.190. The third-order valence-corrected chi connectivity index (χ3v) is 5.80. The summed E-state index contributed by atoms with van der Waals surface area (Å²) in [5.41, 5.74) is 1.99. The van der Waals surface area contributed by atoms with Gasteiger partial charge in [-0.25, -0.2) is 14.4 Å². The molecule has 3 heterocycles. The Kier molecular flexibility index (Phi) is 5.92. The SMILES string of the molecule is CSc1nccc(-c2cc(F)cc3c2OC(CNC(=O)C=Cc2cccs2)C3)n1. The summed E-state index contributed by atoms with van der Waals surface area (Å²) in [6.45, 7) is 0.336. The maximum absolute atomic E-state index is 14.2. The zero-order chi connectivity index (χ0) is 20.2. The number of carbonyl (C=O) groups is 1. The van der Waals surface area contributed by atoms with Crippen molar-refractivity contribution in [3.05, 3.63) is 64.2 Å². The van der Waals surface area contributed by atoms with Crippen LogP contribution in [0.1, 0.15) is 10.4 Å². The molecule has 0 radical (unpaired) electrons. The number of hydrogen-bond acceptors (Lipinski definition) is 6. The van der Waals surface area contributed by atoms with Crippen LogP contribution in [0.15, 0.2) is 53.1 Å². The lowest BCUT2D eigenvalue weighted by atomic mass is 10.0. The number of ether oxygens (including phenoxy) is 1. The van der Waals surface area contributed by atoms with Gasteiger partial charge in [-0.05, 0) is 42.0 Å². The monoisotopic (exact) mass is 427 g/mol. The lowest BCUT2D eigenvalue weighted by Crippen LogP contribution is -2.33. The maximum Gasteiger partial charge on any atom is 0.244 e. The van der Waals surface area contributed by atoms with Gasteiger partial charge in [-0.2, -0.15) is 0 Å². The highest BCUT2D eigenvalue weighted by atomic mass is 32.2. The first-order valence-electron chi connectivity index (χ1n) is 8.98. The van der Waals surface area contributed by atoms with Crippen LogP contribution in [0.25, 0.3) is 17.3 Å². The minimum Gasteiger partial charge on any atom is -0.487 e. The van der Waals surface area contributed by atoms with Crippen LogP contribution >= 0.6 is 23.1 Å². The Labute approximate surface area is 176 Å². The molecule has 1 N–H and O–H groups in total. The molecule has 1 aromatic carbocycles. The van der Waals surface area contributed by atoms with Gasteiger partial charge in [0.1, 0.15) is 17.7 Å². The Hall–Kier alpha value is -2.71. The molecular weight excluding hydrogens is 409 g/mol. The predicted octanol–water partition coefficient (Wildman–Crippen LogP) is 4.20. The van der Waals surface area contributed by atoms with E-state index < -0.39 is 0 Å². The fourth-order valence-corrected chi connectivity index (χ4v) is 4.08. The largest absolute Gasteiger partial charge is 0.487 e. The van der Waals surface area contributed by atoms with E-state index in [2.05, 4.69) is 15.3 Å². The highest BCUT2D eigenvalue weighted by Gasteiger charge is 2.27. The highest BCUT2D eigenvalue weighted by molar-refractivity contribution is 7.98. The van der Waals surface area contributed by atoms with Crippen LogP contribution in [-0.4, -0.2) is 34.8 Å². The second kappa shape index (κ2) is 8.75. The molecule has 4 rings (SSSR count). The number of halogens is 1. The topological polar surface area (TPSA) is 64.1 Å². The predicted molar refractivity (Wildman–Crippen MR) is 114 cm³/mol. The average molecular weight is 428 g/mol. The van der Waals surface area contributed by atoms with Crippen molar-refractivity contribution in [3.8, 4) is 17.0 Å². The molecule has 0 saturated heterocycles. The number of fused-ring (bicyclic) bond motifs is 1. The van der Waals surface area contributed by atoms with Gasteiger partial charge < -0.3 is 10.1 Å². The van der Waals surface area contributed by atoms with E-state index in [0.29, 0.717) is 35.1 Å². The number of aromatic nitrogens is 2. The summed E-state index contributed by atoms with van der Waals surface area (Å²) in [7, 11) is 0. The summed E-state index contributed by atoms with van der Waals surface area (Å²) < 4.78 is 20.2. The van der Waals surface area contributed by atoms with Crippen LogP contribution in [0.2, 0.25) is 0 Å². The number of nitrogens with one attached hydrogen (secondary N) is 1. The van der Waals surface area contributed by atoms with Gasteiger partial charge >= 0.3 is 0 Å². The van der Waals surface area contributed by atoms with Gasteiger partial charge in [-0.1, -0.05) is 17.8 Å². The van der Waals surface area contributed by atoms with Crippen molar-refractivity contribution >= 4 is 35.1 Å². The molecule has 0 bridgehead atoms. The van der Waals surface area contributed by atoms with E-state index in [1.807, 2.05) is 23.8 Å². The zero-order valence-corrected chi connectivity index (χ0v) is 17.2. The van der Waals surface area contributed by atoms with E-state index in [1.54, 1.807) is 29.7 Å². The molecule has 3 aromatic rings. The maximum atomic E-state index is 14.2. The number of nitrogens with zero attached hydrogens (tertiary/aromatic N) is 2. The van der Waals surface area contributed by atoms with Crippen molar-refractivity contribution in [1.29, 1.82) is 0 Å². The molecule has 0 fully saturated rings. The van der Waals surface area contributed by atoms with Gasteiger partial charge in [0.2, 0.25) is 5.91 Å². The van der Waals surface area contributed by atoms with E-state index in [4.69, 9.17) is 4.74 Å². The summed E-state index contributed by atoms with van der Waals surface area (Å²) in [5.74, 6) is 0.0885. The smallest absolute Gasteiger partial charge is 0.244 e. The van der Waals surface area contributed by atoms with E-state index in [9.17, 15) is 9.18 Å². The van der Waals surface area contributed by atoms with Crippen molar-refractivity contribution in [1.82, 2.24) is 15.3 Å². The first kappa shape index (κ1) is 19.6. The molecule has 0 aliphatic carbocycles. The Morgan fingerprint density at radius 3 is 3.14 bits per heavy atom. The van der Waals surface area contributed by atoms with Gasteiger partial charge in [-0.3, -0.25) is 4.79 Å². The van der Waals surface area contributed by atoms with Crippen molar-refractivity contribution in [2.45, 2.75) is 17.7 Å². The van der Waals surface area contributed by atoms with Gasteiger partial charge in [0, 0.05) is 34.7 Å². The average Bonchev–Trinajstić information content (AvgIpc) is 3.39. The molecule has 8 heteroatoms. The molecule has 1 atom stereocenters. The Bertz CT molecular complexity index is 1050. The Morgan fingerprint density at radius 1 is 1.45 bits per heavy atom. The lowest BCUT2D eigenvalue weighted by molar-refractivity contribution is -0.116. The third-order valence-electron chi connectivity index (χ3n) is 4.40. The van der Waals surface area contributed by atoms with Crippen LogP contribution in [-0.2, 0) is 11.2 Å². The second-order valence-corrected chi connectivity index (χ2v) is 8.16. The van der Waals surface area contributed by atoms with Crippen LogP contribution in [0, 0.1) is 5.82 Å². The molecule has 0 spiro atoms. The normalized spacial score (nSPS) is 15.3. The van der Waals surface area contributed by atoms with Crippen molar-refractivity contribution in [2.24, 2.45) is 0 Å². The minimum atomic E-state index is -0.338. The first-order chi connectivity index (χ1) is 14.1. The van der Waals surface area contributed by atoms with E-state index >= 15 is 0 Å². The van der Waals surface area contributed by atoms with Crippen molar-refractivity contribution in [2.75, 3.05) is 12.8 Å². The molecular formula is C21H18FN3O2S2. The number of carbonyl (C=O) groups excluding carboxylic acids is 1. The highest BCUT2D eigenvalue weighted by Crippen LogP contribution is 2.39. The molecule has 2 aromatic heterocycles. The molecule has 1 aliphatic heterocycles. The van der Waals surface area contributed by atoms with Crippen LogP contribution < -0.4 is 10.1 Å². The van der Waals surface area contributed by atoms with E-state index in [-0.39, 0.29) is 17.8 Å². The zero-order valence-electron chi connectivity index (χ0n) is 15.6. The van der Waals surface area contributed by atoms with Gasteiger partial charge in [0.25, 0.3) is 0 Å². The standard InChI is InChI=1S/C21H18FN3O2S2/c1-28-21-23-7-6-18(25-21)17-11-14(22)9-13-10-15(27-20(13)17)12-24-19(26)5-4-16-3-2-8-29-16/h2-9,11,15H,10,12H2,1H3,(H,24,26). The van der Waals surface area contributed by atoms with Gasteiger partial charge in [-0.15, -0.1) is 11.3 Å². The summed E-state index contributed by atoms with van der Waals surface area (Å²) in [4.78, 5) is 21.7. The number of rotatable bonds is 6. The molecule has 148 valence electrons. The fraction of sp³-hybridized carbons (Fsp3) is 0.190. The quantitative estimate of drug-likeness (QED) is 0.363.